The fourth-order valence-corrected chi connectivity index (χ4v) is 10.5. The summed E-state index contributed by atoms with van der Waals surface area (Å²) in [6, 6.07) is 32.8. The largest absolute Gasteiger partial charge is 0.584 e. The second-order valence-electron chi connectivity index (χ2n) is 15.8. The molecule has 2 aliphatic rings. The predicted molar refractivity (Wildman–Crippen MR) is 234 cm³/mol. The summed E-state index contributed by atoms with van der Waals surface area (Å²) < 4.78 is 48.0. The average Bonchev–Trinajstić information content (AvgIpc) is 3.36. The maximum Gasteiger partial charge on any atom is 0.584 e. The summed E-state index contributed by atoms with van der Waals surface area (Å²) in [5.74, 6) is 1.61. The maximum atomic E-state index is 12.8. The van der Waals surface area contributed by atoms with Gasteiger partial charge in [0.1, 0.15) is 23.0 Å². The molecule has 2 heterocycles. The molecule has 2 N–H and O–H groups in total. The van der Waals surface area contributed by atoms with Gasteiger partial charge in [-0.3, -0.25) is 9.79 Å². The number of aryl methyl sites for hydroxylation is 8. The minimum absolute atomic E-state index is 0.401. The minimum atomic E-state index is -4.32. The zero-order valence-electron chi connectivity index (χ0n) is 33.5. The van der Waals surface area contributed by atoms with E-state index in [4.69, 9.17) is 18.1 Å². The molecule has 2 aliphatic heterocycles. The third-order valence-corrected chi connectivity index (χ3v) is 12.7. The molecule has 0 spiro atoms. The number of hydrogen-bond donors (Lipinski definition) is 2. The van der Waals surface area contributed by atoms with Crippen LogP contribution in [0.2, 0.25) is 0 Å². The fraction of sp³-hybridized carbons (Fsp3) is 0.167. The monoisotopic (exact) mass is 808 g/mol. The van der Waals surface area contributed by atoms with Crippen LogP contribution in [0.1, 0.15) is 44.5 Å². The molecule has 292 valence electrons. The number of phosphoric ester groups is 2. The highest BCUT2D eigenvalue weighted by Gasteiger charge is 2.37. The second-order valence-corrected chi connectivity index (χ2v) is 18.4. The van der Waals surface area contributed by atoms with Crippen molar-refractivity contribution in [1.29, 1.82) is 0 Å². The highest BCUT2D eigenvalue weighted by molar-refractivity contribution is 7.48. The molecule has 58 heavy (non-hydrogen) atoms. The summed E-state index contributed by atoms with van der Waals surface area (Å²) in [4.78, 5) is 20.9. The van der Waals surface area contributed by atoms with Crippen molar-refractivity contribution in [3.63, 3.8) is 0 Å². The van der Waals surface area contributed by atoms with Crippen LogP contribution in [0.4, 0.5) is 0 Å². The standard InChI is InChI=1S/2C24H21O4P/c2*1-13-5-7-19-17(9-13)11-15(3)23-21(19)22-20-8-6-14(2)10-18(20)12-16(4)24(22)28-29(25,26)27-23/h2*5-12H,1-4H3,(H,25,26). The molecule has 0 aliphatic carbocycles. The van der Waals surface area contributed by atoms with Gasteiger partial charge >= 0.3 is 15.6 Å². The Bertz CT molecular complexity index is 2780. The number of benzene rings is 8. The van der Waals surface area contributed by atoms with Crippen LogP contribution in [0.15, 0.2) is 97.1 Å². The van der Waals surface area contributed by atoms with Crippen molar-refractivity contribution in [3.05, 3.63) is 142 Å². The average molecular weight is 809 g/mol. The van der Waals surface area contributed by atoms with Gasteiger partial charge in [-0.1, -0.05) is 95.1 Å². The molecule has 10 rings (SSSR count). The van der Waals surface area contributed by atoms with E-state index in [0.29, 0.717) is 23.0 Å². The first kappa shape index (κ1) is 37.9. The van der Waals surface area contributed by atoms with Crippen molar-refractivity contribution in [2.45, 2.75) is 55.4 Å². The Labute approximate surface area is 336 Å². The van der Waals surface area contributed by atoms with Crippen LogP contribution in [0.25, 0.3) is 65.3 Å². The van der Waals surface area contributed by atoms with Crippen molar-refractivity contribution in [2.75, 3.05) is 0 Å². The first-order valence-corrected chi connectivity index (χ1v) is 22.1. The number of rotatable bonds is 0. The van der Waals surface area contributed by atoms with Crippen LogP contribution in [0.5, 0.6) is 23.0 Å². The van der Waals surface area contributed by atoms with Crippen LogP contribution in [-0.2, 0) is 9.13 Å². The molecular weight excluding hydrogens is 766 g/mol. The van der Waals surface area contributed by atoms with E-state index < -0.39 is 15.6 Å². The van der Waals surface area contributed by atoms with E-state index in [-0.39, 0.29) is 0 Å². The van der Waals surface area contributed by atoms with Crippen molar-refractivity contribution in [3.8, 4) is 45.3 Å². The number of fused-ring (bicyclic) bond motifs is 14. The third kappa shape index (κ3) is 6.42. The van der Waals surface area contributed by atoms with Crippen molar-refractivity contribution in [1.82, 2.24) is 0 Å². The molecule has 10 heteroatoms. The molecule has 8 aromatic carbocycles. The molecule has 0 aromatic heterocycles. The quantitative estimate of drug-likeness (QED) is 0.146. The van der Waals surface area contributed by atoms with Crippen LogP contribution in [-0.4, -0.2) is 9.79 Å². The Morgan fingerprint density at radius 3 is 0.759 bits per heavy atom. The lowest BCUT2D eigenvalue weighted by molar-refractivity contribution is 0.291. The molecule has 0 unspecified atom stereocenters. The van der Waals surface area contributed by atoms with E-state index in [1.165, 1.54) is 0 Å². The third-order valence-electron chi connectivity index (χ3n) is 11.1. The molecule has 0 amide bonds. The fourth-order valence-electron chi connectivity index (χ4n) is 8.55. The van der Waals surface area contributed by atoms with Gasteiger partial charge in [0.05, 0.1) is 0 Å². The summed E-state index contributed by atoms with van der Waals surface area (Å²) >= 11 is 0. The van der Waals surface area contributed by atoms with Gasteiger partial charge in [-0.05, 0) is 145 Å². The van der Waals surface area contributed by atoms with E-state index in [0.717, 1.165) is 110 Å². The van der Waals surface area contributed by atoms with Crippen molar-refractivity contribution < 1.29 is 37.0 Å². The molecule has 0 fully saturated rings. The van der Waals surface area contributed by atoms with E-state index in [1.54, 1.807) is 0 Å². The number of phosphoric acid groups is 2. The lowest BCUT2D eigenvalue weighted by atomic mass is 9.88. The Morgan fingerprint density at radius 1 is 0.345 bits per heavy atom. The van der Waals surface area contributed by atoms with Gasteiger partial charge in [0.15, 0.2) is 0 Å². The van der Waals surface area contributed by atoms with Crippen molar-refractivity contribution >= 4 is 58.7 Å². The van der Waals surface area contributed by atoms with E-state index in [9.17, 15) is 18.9 Å². The molecule has 8 nitrogen and oxygen atoms in total. The molecule has 0 saturated carbocycles. The highest BCUT2D eigenvalue weighted by Crippen LogP contribution is 2.60. The topological polar surface area (TPSA) is 112 Å². The first-order chi connectivity index (χ1) is 27.5. The van der Waals surface area contributed by atoms with Gasteiger partial charge in [-0.15, -0.1) is 0 Å². The van der Waals surface area contributed by atoms with Gasteiger partial charge < -0.3 is 18.1 Å². The lowest BCUT2D eigenvalue weighted by Crippen LogP contribution is -1.99. The zero-order chi connectivity index (χ0) is 41.0. The minimum Gasteiger partial charge on any atom is -0.394 e. The molecule has 0 saturated heterocycles. The predicted octanol–water partition coefficient (Wildman–Crippen LogP) is 13.5. The van der Waals surface area contributed by atoms with Crippen LogP contribution < -0.4 is 18.1 Å². The van der Waals surface area contributed by atoms with Crippen molar-refractivity contribution in [2.24, 2.45) is 0 Å². The Hall–Kier alpha value is -5.62. The first-order valence-electron chi connectivity index (χ1n) is 19.1. The van der Waals surface area contributed by atoms with Gasteiger partial charge in [0.25, 0.3) is 0 Å². The molecular formula is C48H42O8P2. The summed E-state index contributed by atoms with van der Waals surface area (Å²) in [6.07, 6.45) is 0. The SMILES string of the molecule is Cc1ccc2c3c(c(C)cc2c1)OP(=O)(O)Oc1c(C)cc2cc(C)ccc2c1-3.Cc1ccc2c3c(c(C)cc2c1)OP(=O)(O)Oc1c(C)cc2cc(C)ccc2c1-3. The molecule has 0 bridgehead atoms. The molecule has 0 radical (unpaired) electrons. The smallest absolute Gasteiger partial charge is 0.394 e. The van der Waals surface area contributed by atoms with E-state index in [2.05, 4.69) is 52.0 Å². The lowest BCUT2D eigenvalue weighted by Gasteiger charge is -2.17. The summed E-state index contributed by atoms with van der Waals surface area (Å²) in [7, 11) is -8.65. The number of hydrogen-bond acceptors (Lipinski definition) is 6. The maximum absolute atomic E-state index is 12.8. The van der Waals surface area contributed by atoms with Gasteiger partial charge in [-0.2, -0.15) is 0 Å². The van der Waals surface area contributed by atoms with Gasteiger partial charge in [0, 0.05) is 22.3 Å². The summed E-state index contributed by atoms with van der Waals surface area (Å²) in [5, 5.41) is 8.12. The highest BCUT2D eigenvalue weighted by atomic mass is 31.2. The van der Waals surface area contributed by atoms with Gasteiger partial charge in [-0.25, -0.2) is 9.13 Å². The molecule has 8 aromatic rings. The van der Waals surface area contributed by atoms with Crippen LogP contribution in [0, 0.1) is 55.4 Å². The van der Waals surface area contributed by atoms with E-state index >= 15 is 0 Å². The zero-order valence-corrected chi connectivity index (χ0v) is 35.3. The van der Waals surface area contributed by atoms with Gasteiger partial charge in [0.2, 0.25) is 0 Å². The summed E-state index contributed by atoms with van der Waals surface area (Å²) in [5.41, 5.74) is 11.0. The van der Waals surface area contributed by atoms with E-state index in [1.807, 2.05) is 100 Å². The normalized spacial score (nSPS) is 14.7. The van der Waals surface area contributed by atoms with Crippen LogP contribution >= 0.6 is 15.6 Å². The summed E-state index contributed by atoms with van der Waals surface area (Å²) in [6.45, 7) is 15.8. The Kier molecular flexibility index (Phi) is 8.81. The molecule has 0 atom stereocenters. The second kappa shape index (κ2) is 13.5. The van der Waals surface area contributed by atoms with Crippen LogP contribution in [0.3, 0.4) is 0 Å². The Balaban J connectivity index is 0.000000150. The Morgan fingerprint density at radius 2 is 0.552 bits per heavy atom.